The highest BCUT2D eigenvalue weighted by Gasteiger charge is 2.26. The molecule has 0 radical (unpaired) electrons. The monoisotopic (exact) mass is 1070 g/mol. The van der Waals surface area contributed by atoms with Crippen LogP contribution in [0.3, 0.4) is 0 Å². The van der Waals surface area contributed by atoms with Gasteiger partial charge in [-0.05, 0) is 128 Å². The summed E-state index contributed by atoms with van der Waals surface area (Å²) >= 11 is 3.48. The lowest BCUT2D eigenvalue weighted by Gasteiger charge is -2.14. The van der Waals surface area contributed by atoms with Gasteiger partial charge in [0.15, 0.2) is 19.7 Å². The SMILES string of the molecule is CC(C)c1ccccc1-c1nc(C(C)(C)O)cn1-c1ccc(-c2cccc(S(C)(=O)=O)c2)cc1.CC(C)c1ccccc1-c1nc(C(C)(C)O)cn1-c1ccc(Br)cc1.CS(=O)(=O)c1cccc(B(O)O)c1. The summed E-state index contributed by atoms with van der Waals surface area (Å²) in [6, 6.07) is 45.1. The zero-order chi connectivity index (χ0) is 52.9. The lowest BCUT2D eigenvalue weighted by molar-refractivity contribution is 0.0738. The molecule has 2 aromatic heterocycles. The van der Waals surface area contributed by atoms with Crippen molar-refractivity contribution in [3.8, 4) is 45.3 Å². The molecular weight excluding hydrogens is 1010 g/mol. The van der Waals surface area contributed by atoms with Crippen molar-refractivity contribution < 1.29 is 37.1 Å². The fourth-order valence-electron chi connectivity index (χ4n) is 7.76. The van der Waals surface area contributed by atoms with Crippen LogP contribution >= 0.6 is 15.9 Å². The quantitative estimate of drug-likeness (QED) is 0.0859. The van der Waals surface area contributed by atoms with E-state index in [9.17, 15) is 27.0 Å². The first-order valence-corrected chi connectivity index (χ1v) is 27.9. The van der Waals surface area contributed by atoms with E-state index in [0.717, 1.165) is 56.0 Å². The van der Waals surface area contributed by atoms with Gasteiger partial charge in [-0.2, -0.15) is 0 Å². The molecule has 0 spiro atoms. The maximum absolute atomic E-state index is 12.0. The second-order valence-electron chi connectivity index (χ2n) is 19.3. The predicted molar refractivity (Wildman–Crippen MR) is 292 cm³/mol. The minimum atomic E-state index is -3.28. The largest absolute Gasteiger partial charge is 0.488 e. The van der Waals surface area contributed by atoms with Crippen LogP contribution in [0.25, 0.3) is 45.3 Å². The highest BCUT2D eigenvalue weighted by atomic mass is 79.9. The highest BCUT2D eigenvalue weighted by Crippen LogP contribution is 2.35. The van der Waals surface area contributed by atoms with Gasteiger partial charge in [0.2, 0.25) is 0 Å². The molecule has 0 saturated heterocycles. The average molecular weight is 1070 g/mol. The highest BCUT2D eigenvalue weighted by molar-refractivity contribution is 9.10. The van der Waals surface area contributed by atoms with E-state index in [1.807, 2.05) is 89.8 Å². The summed E-state index contributed by atoms with van der Waals surface area (Å²) in [5, 5.41) is 38.7. The maximum atomic E-state index is 12.0. The number of aliphatic hydroxyl groups is 2. The van der Waals surface area contributed by atoms with E-state index < -0.39 is 38.0 Å². The number of nitrogens with zero attached hydrogens (tertiary/aromatic N) is 4. The summed E-state index contributed by atoms with van der Waals surface area (Å²) in [7, 11) is -8.20. The second-order valence-corrected chi connectivity index (χ2v) is 24.2. The first-order chi connectivity index (χ1) is 33.6. The number of imidazole rings is 2. The second kappa shape index (κ2) is 22.4. The van der Waals surface area contributed by atoms with Gasteiger partial charge in [0.25, 0.3) is 0 Å². The van der Waals surface area contributed by atoms with Gasteiger partial charge in [-0.1, -0.05) is 129 Å². The molecular formula is C56H62BBrN4O8S2. The van der Waals surface area contributed by atoms with Crippen LogP contribution in [-0.4, -0.2) is 75.8 Å². The Balaban J connectivity index is 0.000000195. The number of hydrogen-bond acceptors (Lipinski definition) is 10. The fraction of sp³-hybridized carbons (Fsp3) is 0.250. The van der Waals surface area contributed by atoms with Gasteiger partial charge in [0.05, 0.1) is 21.2 Å². The first kappa shape index (κ1) is 55.3. The Labute approximate surface area is 432 Å². The number of aromatic nitrogens is 4. The van der Waals surface area contributed by atoms with E-state index >= 15 is 0 Å². The van der Waals surface area contributed by atoms with Crippen molar-refractivity contribution in [1.82, 2.24) is 19.1 Å². The third-order valence-corrected chi connectivity index (χ3v) is 14.5. The molecule has 16 heteroatoms. The number of sulfone groups is 2. The zero-order valence-corrected chi connectivity index (χ0v) is 45.4. The molecule has 6 aromatic carbocycles. The number of hydrogen-bond donors (Lipinski definition) is 4. The third-order valence-electron chi connectivity index (χ3n) is 11.7. The Kier molecular flexibility index (Phi) is 17.2. The molecule has 0 aliphatic rings. The third kappa shape index (κ3) is 13.7. The van der Waals surface area contributed by atoms with E-state index in [0.29, 0.717) is 28.1 Å². The molecule has 0 unspecified atom stereocenters. The van der Waals surface area contributed by atoms with Crippen molar-refractivity contribution in [3.63, 3.8) is 0 Å². The minimum absolute atomic E-state index is 0.0816. The van der Waals surface area contributed by atoms with Gasteiger partial charge >= 0.3 is 7.12 Å². The van der Waals surface area contributed by atoms with Crippen LogP contribution in [-0.2, 0) is 30.9 Å². The Morgan fingerprint density at radius 1 is 0.528 bits per heavy atom. The van der Waals surface area contributed by atoms with Gasteiger partial charge in [-0.25, -0.2) is 26.8 Å². The fourth-order valence-corrected chi connectivity index (χ4v) is 9.37. The molecule has 72 heavy (non-hydrogen) atoms. The van der Waals surface area contributed by atoms with Crippen LogP contribution in [0.5, 0.6) is 0 Å². The van der Waals surface area contributed by atoms with Gasteiger partial charge in [-0.15, -0.1) is 0 Å². The van der Waals surface area contributed by atoms with E-state index in [1.165, 1.54) is 41.6 Å². The van der Waals surface area contributed by atoms with Crippen LogP contribution in [0, 0.1) is 0 Å². The Hall–Kier alpha value is -5.98. The molecule has 376 valence electrons. The summed E-state index contributed by atoms with van der Waals surface area (Å²) in [5.41, 5.74) is 7.55. The first-order valence-electron chi connectivity index (χ1n) is 23.3. The van der Waals surface area contributed by atoms with E-state index in [-0.39, 0.29) is 10.4 Å². The molecule has 0 amide bonds. The topological polar surface area (TPSA) is 185 Å². The molecule has 0 bridgehead atoms. The maximum Gasteiger partial charge on any atom is 0.488 e. The van der Waals surface area contributed by atoms with Crippen molar-refractivity contribution in [2.45, 2.75) is 88.2 Å². The van der Waals surface area contributed by atoms with Gasteiger partial charge in [0.1, 0.15) is 22.9 Å². The van der Waals surface area contributed by atoms with Crippen molar-refractivity contribution in [2.75, 3.05) is 12.5 Å². The van der Waals surface area contributed by atoms with Crippen LogP contribution in [0.2, 0.25) is 0 Å². The lowest BCUT2D eigenvalue weighted by atomic mass is 9.80. The van der Waals surface area contributed by atoms with E-state index in [2.05, 4.69) is 78.5 Å². The van der Waals surface area contributed by atoms with Gasteiger partial charge in [0, 0.05) is 51.9 Å². The standard InChI is InChI=1S/C28H30N2O3S.C21H23BrN2O.C7H9BO4S/c1-19(2)24-11-6-7-12-25(24)27-29-26(28(3,4)31)18-30(27)22-15-13-20(14-16-22)21-9-8-10-23(17-21)34(5,32)33;1-14(2)17-7-5-6-8-18(17)20-23-19(21(3,4)25)13-24(20)16-11-9-15(22)10-12-16;1-13(11,12)7-4-2-3-6(5-7)8(9)10/h6-19,31H,1-5H3;5-14,25H,1-4H3;2-5,9-10H,1H3. The number of rotatable bonds is 12. The molecule has 8 aromatic rings. The van der Waals surface area contributed by atoms with Gasteiger partial charge in [-0.3, -0.25) is 9.13 Å². The molecule has 0 fully saturated rings. The summed E-state index contributed by atoms with van der Waals surface area (Å²) in [6.45, 7) is 15.7. The molecule has 12 nitrogen and oxygen atoms in total. The van der Waals surface area contributed by atoms with Crippen molar-refractivity contribution in [1.29, 1.82) is 0 Å². The summed E-state index contributed by atoms with van der Waals surface area (Å²) in [5.74, 6) is 2.32. The summed E-state index contributed by atoms with van der Waals surface area (Å²) < 4.78 is 51.1. The smallest absolute Gasteiger partial charge is 0.423 e. The van der Waals surface area contributed by atoms with Crippen LogP contribution in [0.1, 0.15) is 89.7 Å². The van der Waals surface area contributed by atoms with Crippen molar-refractivity contribution in [3.05, 3.63) is 185 Å². The Bertz CT molecular complexity index is 3380. The Morgan fingerprint density at radius 2 is 0.931 bits per heavy atom. The summed E-state index contributed by atoms with van der Waals surface area (Å²) in [4.78, 5) is 10.0. The van der Waals surface area contributed by atoms with E-state index in [4.69, 9.17) is 20.0 Å². The molecule has 0 aliphatic heterocycles. The predicted octanol–water partition coefficient (Wildman–Crippen LogP) is 10.4. The molecule has 2 heterocycles. The average Bonchev–Trinajstić information content (AvgIpc) is 3.99. The van der Waals surface area contributed by atoms with E-state index in [1.54, 1.807) is 45.9 Å². The molecule has 0 aliphatic carbocycles. The molecule has 0 saturated carbocycles. The molecule has 4 N–H and O–H groups in total. The molecule has 8 rings (SSSR count). The molecule has 0 atom stereocenters. The zero-order valence-electron chi connectivity index (χ0n) is 42.1. The number of halogens is 1. The van der Waals surface area contributed by atoms with Crippen molar-refractivity contribution in [2.24, 2.45) is 0 Å². The lowest BCUT2D eigenvalue weighted by Crippen LogP contribution is -2.30. The van der Waals surface area contributed by atoms with Crippen LogP contribution < -0.4 is 5.46 Å². The van der Waals surface area contributed by atoms with Crippen molar-refractivity contribution >= 4 is 48.2 Å². The normalized spacial score (nSPS) is 12.0. The number of benzene rings is 6. The minimum Gasteiger partial charge on any atom is -0.423 e. The summed E-state index contributed by atoms with van der Waals surface area (Å²) in [6.07, 6.45) is 6.09. The van der Waals surface area contributed by atoms with Gasteiger partial charge < -0.3 is 20.3 Å². The Morgan fingerprint density at radius 3 is 1.33 bits per heavy atom. The van der Waals surface area contributed by atoms with Crippen LogP contribution in [0.15, 0.2) is 172 Å². The van der Waals surface area contributed by atoms with Crippen LogP contribution in [0.4, 0.5) is 0 Å².